The topological polar surface area (TPSA) is 77.8 Å². The Kier molecular flexibility index (Phi) is 3.36. The number of hydrogen-bond acceptors (Lipinski definition) is 4. The molecule has 126 valence electrons. The lowest BCUT2D eigenvalue weighted by atomic mass is 9.93. The van der Waals surface area contributed by atoms with Crippen molar-refractivity contribution >= 4 is 23.3 Å². The molecule has 0 spiro atoms. The Morgan fingerprint density at radius 3 is 2.58 bits per heavy atom. The number of halogens is 2. The fourth-order valence-electron chi connectivity index (χ4n) is 2.38. The van der Waals surface area contributed by atoms with E-state index in [0.717, 1.165) is 6.20 Å². The Hall–Kier alpha value is -2.90. The summed E-state index contributed by atoms with van der Waals surface area (Å²) in [5.41, 5.74) is -1.41. The van der Waals surface area contributed by atoms with Crippen LogP contribution in [0.2, 0.25) is 0 Å². The number of allylic oxidation sites excluding steroid dienone is 1. The van der Waals surface area contributed by atoms with Crippen LogP contribution in [0.4, 0.5) is 13.6 Å². The highest BCUT2D eigenvalue weighted by molar-refractivity contribution is 5.89. The molecular formula is C16H13F2NO5. The van der Waals surface area contributed by atoms with Gasteiger partial charge in [-0.3, -0.25) is 4.79 Å². The van der Waals surface area contributed by atoms with E-state index in [0.29, 0.717) is 11.8 Å². The van der Waals surface area contributed by atoms with E-state index in [2.05, 4.69) is 4.74 Å². The maximum absolute atomic E-state index is 14.2. The van der Waals surface area contributed by atoms with Crippen molar-refractivity contribution in [2.75, 3.05) is 0 Å². The first kappa shape index (κ1) is 16.0. The van der Waals surface area contributed by atoms with E-state index in [1.807, 2.05) is 0 Å². The average molecular weight is 337 g/mol. The van der Waals surface area contributed by atoms with Crippen LogP contribution in [0.5, 0.6) is 11.5 Å². The predicted molar refractivity (Wildman–Crippen MR) is 81.1 cm³/mol. The summed E-state index contributed by atoms with van der Waals surface area (Å²) >= 11 is 0. The van der Waals surface area contributed by atoms with Crippen LogP contribution in [0.15, 0.2) is 22.8 Å². The van der Waals surface area contributed by atoms with Crippen molar-refractivity contribution in [2.24, 2.45) is 5.41 Å². The highest BCUT2D eigenvalue weighted by Crippen LogP contribution is 2.39. The predicted octanol–water partition coefficient (Wildman–Crippen LogP) is 3.57. The summed E-state index contributed by atoms with van der Waals surface area (Å²) in [7, 11) is 0. The van der Waals surface area contributed by atoms with Crippen LogP contribution in [-0.4, -0.2) is 15.8 Å². The van der Waals surface area contributed by atoms with Crippen LogP contribution in [0.3, 0.4) is 0 Å². The third-order valence-electron chi connectivity index (χ3n) is 3.54. The van der Waals surface area contributed by atoms with E-state index in [1.165, 1.54) is 10.8 Å². The molecule has 0 aliphatic carbocycles. The van der Waals surface area contributed by atoms with Crippen LogP contribution >= 0.6 is 0 Å². The summed E-state index contributed by atoms with van der Waals surface area (Å²) in [5.74, 6) is -3.12. The van der Waals surface area contributed by atoms with Crippen LogP contribution in [0, 0.1) is 17.0 Å². The van der Waals surface area contributed by atoms with Crippen LogP contribution in [-0.2, 0) is 0 Å². The third kappa shape index (κ3) is 2.40. The molecule has 0 radical (unpaired) electrons. The van der Waals surface area contributed by atoms with Gasteiger partial charge in [-0.1, -0.05) is 20.8 Å². The molecule has 2 aromatic rings. The van der Waals surface area contributed by atoms with Crippen molar-refractivity contribution < 1.29 is 28.2 Å². The van der Waals surface area contributed by atoms with Gasteiger partial charge in [-0.2, -0.15) is 4.39 Å². The maximum atomic E-state index is 14.2. The average Bonchev–Trinajstić information content (AvgIpc) is 2.46. The summed E-state index contributed by atoms with van der Waals surface area (Å²) in [6.07, 6.45) is 0.892. The monoisotopic (exact) mass is 337 g/mol. The van der Waals surface area contributed by atoms with E-state index < -0.39 is 40.1 Å². The van der Waals surface area contributed by atoms with Gasteiger partial charge in [0.15, 0.2) is 17.3 Å². The zero-order valence-corrected chi connectivity index (χ0v) is 13.0. The highest BCUT2D eigenvalue weighted by atomic mass is 19.2. The van der Waals surface area contributed by atoms with E-state index in [9.17, 15) is 18.4 Å². The number of aromatic nitrogens is 1. The quantitative estimate of drug-likeness (QED) is 0.805. The van der Waals surface area contributed by atoms with Crippen LogP contribution < -0.4 is 14.9 Å². The van der Waals surface area contributed by atoms with Crippen molar-refractivity contribution in [1.29, 1.82) is 0 Å². The van der Waals surface area contributed by atoms with Crippen molar-refractivity contribution in [3.05, 3.63) is 39.9 Å². The van der Waals surface area contributed by atoms with E-state index in [4.69, 9.17) is 9.84 Å². The highest BCUT2D eigenvalue weighted by Gasteiger charge is 2.30. The summed E-state index contributed by atoms with van der Waals surface area (Å²) in [5, 5.41) is 8.49. The number of hydrogen-bond donors (Lipinski definition) is 1. The summed E-state index contributed by atoms with van der Waals surface area (Å²) in [4.78, 5) is 23.0. The minimum absolute atomic E-state index is 0.00430. The number of rotatable bonds is 1. The molecule has 0 unspecified atom stereocenters. The number of carboxylic acid groups (broad SMARTS) is 1. The zero-order chi connectivity index (χ0) is 17.8. The second-order valence-corrected chi connectivity index (χ2v) is 6.34. The molecule has 1 aliphatic rings. The summed E-state index contributed by atoms with van der Waals surface area (Å²) < 4.78 is 39.3. The van der Waals surface area contributed by atoms with Gasteiger partial charge in [0.2, 0.25) is 11.2 Å². The van der Waals surface area contributed by atoms with Gasteiger partial charge >= 0.3 is 6.16 Å². The molecule has 8 heteroatoms. The SMILES string of the molecule is CC(C)(C)C1=Cn2cc(OC(=O)O)c(=O)c3cc(F)c(F)c(c32)O1. The van der Waals surface area contributed by atoms with E-state index in [-0.39, 0.29) is 10.9 Å². The second kappa shape index (κ2) is 5.05. The van der Waals surface area contributed by atoms with E-state index in [1.54, 1.807) is 20.8 Å². The van der Waals surface area contributed by atoms with Crippen molar-refractivity contribution in [1.82, 2.24) is 4.57 Å². The van der Waals surface area contributed by atoms with Gasteiger partial charge < -0.3 is 19.1 Å². The van der Waals surface area contributed by atoms with E-state index >= 15 is 0 Å². The molecule has 0 saturated carbocycles. The Balaban J connectivity index is 2.42. The molecular weight excluding hydrogens is 324 g/mol. The van der Waals surface area contributed by atoms with Crippen molar-refractivity contribution in [3.63, 3.8) is 0 Å². The molecule has 6 nitrogen and oxygen atoms in total. The molecule has 1 aromatic carbocycles. The standard InChI is InChI=1S/C16H13F2NO5/c1-16(2,3)10-6-19-5-9(23-15(21)22)13(20)7-4-8(17)11(18)14(24-10)12(7)19/h4-6H,1-3H3,(H,21,22). The van der Waals surface area contributed by atoms with Gasteiger partial charge in [-0.05, 0) is 6.07 Å². The molecule has 0 atom stereocenters. The molecule has 0 amide bonds. The van der Waals surface area contributed by atoms with Gasteiger partial charge in [0, 0.05) is 11.6 Å². The fraction of sp³-hybridized carbons (Fsp3) is 0.250. The van der Waals surface area contributed by atoms with Gasteiger partial charge in [-0.25, -0.2) is 9.18 Å². The second-order valence-electron chi connectivity index (χ2n) is 6.34. The van der Waals surface area contributed by atoms with Gasteiger partial charge in [0.05, 0.1) is 11.6 Å². The molecule has 24 heavy (non-hydrogen) atoms. The minimum Gasteiger partial charge on any atom is -0.454 e. The number of carbonyl (C=O) groups is 1. The fourth-order valence-corrected chi connectivity index (χ4v) is 2.38. The first-order valence-corrected chi connectivity index (χ1v) is 6.97. The Bertz CT molecular complexity index is 969. The normalized spacial score (nSPS) is 13.5. The summed E-state index contributed by atoms with van der Waals surface area (Å²) in [6, 6.07) is 0.695. The largest absolute Gasteiger partial charge is 0.511 e. The zero-order valence-electron chi connectivity index (χ0n) is 13.0. The lowest BCUT2D eigenvalue weighted by Crippen LogP contribution is -2.22. The van der Waals surface area contributed by atoms with Gasteiger partial charge in [-0.15, -0.1) is 0 Å². The number of ether oxygens (including phenoxy) is 2. The van der Waals surface area contributed by atoms with Crippen molar-refractivity contribution in [2.45, 2.75) is 20.8 Å². The smallest absolute Gasteiger partial charge is 0.454 e. The number of benzene rings is 1. The van der Waals surface area contributed by atoms with Crippen LogP contribution in [0.1, 0.15) is 20.8 Å². The maximum Gasteiger partial charge on any atom is 0.511 e. The molecule has 1 N–H and O–H groups in total. The van der Waals surface area contributed by atoms with Gasteiger partial charge in [0.1, 0.15) is 11.3 Å². The Morgan fingerprint density at radius 2 is 2.00 bits per heavy atom. The molecule has 0 fully saturated rings. The molecule has 1 aliphatic heterocycles. The first-order chi connectivity index (χ1) is 11.1. The van der Waals surface area contributed by atoms with Crippen molar-refractivity contribution in [3.8, 4) is 11.5 Å². The minimum atomic E-state index is -1.69. The third-order valence-corrected chi connectivity index (χ3v) is 3.54. The lowest BCUT2D eigenvalue weighted by molar-refractivity contribution is 0.144. The van der Waals surface area contributed by atoms with Crippen LogP contribution in [0.25, 0.3) is 17.1 Å². The molecule has 3 rings (SSSR count). The number of pyridine rings is 1. The lowest BCUT2D eigenvalue weighted by Gasteiger charge is -2.28. The molecule has 1 aromatic heterocycles. The molecule has 0 saturated heterocycles. The molecule has 2 heterocycles. The molecule has 0 bridgehead atoms. The Labute approximate surface area is 134 Å². The number of nitrogens with zero attached hydrogens (tertiary/aromatic N) is 1. The van der Waals surface area contributed by atoms with Gasteiger partial charge in [0.25, 0.3) is 0 Å². The first-order valence-electron chi connectivity index (χ1n) is 6.97. The Morgan fingerprint density at radius 1 is 1.33 bits per heavy atom. The summed E-state index contributed by atoms with van der Waals surface area (Å²) in [6.45, 7) is 5.40.